The predicted molar refractivity (Wildman–Crippen MR) is 111 cm³/mol. The maximum absolute atomic E-state index is 6.48. The van der Waals surface area contributed by atoms with E-state index in [4.69, 9.17) is 30.5 Å². The van der Waals surface area contributed by atoms with Crippen LogP contribution in [0.4, 0.5) is 0 Å². The van der Waals surface area contributed by atoms with Gasteiger partial charge in [0, 0.05) is 12.8 Å². The van der Waals surface area contributed by atoms with Crippen molar-refractivity contribution < 1.29 is 18.9 Å². The van der Waals surface area contributed by atoms with E-state index >= 15 is 0 Å². The van der Waals surface area contributed by atoms with Crippen molar-refractivity contribution in [2.45, 2.75) is 89.1 Å². The zero-order chi connectivity index (χ0) is 20.7. The van der Waals surface area contributed by atoms with Crippen LogP contribution in [-0.4, -0.2) is 54.8 Å². The molecule has 0 radical (unpaired) electrons. The minimum absolute atomic E-state index is 0.0550. The number of epoxide rings is 2. The molecular weight excluding hydrogens is 378 g/mol. The smallest absolute Gasteiger partial charge is 0.133 e. The van der Waals surface area contributed by atoms with Crippen LogP contribution in [0.3, 0.4) is 0 Å². The first-order chi connectivity index (χ1) is 13.1. The molecule has 160 valence electrons. The summed E-state index contributed by atoms with van der Waals surface area (Å²) in [6.07, 6.45) is 5.08. The monoisotopic (exact) mass is 413 g/mol. The van der Waals surface area contributed by atoms with Crippen LogP contribution >= 0.6 is 11.6 Å². The summed E-state index contributed by atoms with van der Waals surface area (Å²) < 4.78 is 24.8. The number of hydrogen-bond donors (Lipinski definition) is 1. The molecule has 2 saturated heterocycles. The van der Waals surface area contributed by atoms with Crippen LogP contribution < -0.4 is 5.32 Å². The minimum Gasteiger partial charge on any atom is -0.378 e. The molecule has 0 aromatic carbocycles. The van der Waals surface area contributed by atoms with E-state index in [0.29, 0.717) is 5.88 Å². The van der Waals surface area contributed by atoms with E-state index in [9.17, 15) is 0 Å². The highest BCUT2D eigenvalue weighted by atomic mass is 35.5. The fourth-order valence-electron chi connectivity index (χ4n) is 4.94. The van der Waals surface area contributed by atoms with E-state index in [1.54, 1.807) is 7.11 Å². The minimum atomic E-state index is -0.584. The summed E-state index contributed by atoms with van der Waals surface area (Å²) in [5.41, 5.74) is 1.10. The normalized spacial score (nSPS) is 39.5. The maximum Gasteiger partial charge on any atom is 0.133 e. The Morgan fingerprint density at radius 2 is 2.07 bits per heavy atom. The second-order valence-corrected chi connectivity index (χ2v) is 9.67. The molecule has 0 unspecified atom stereocenters. The fraction of sp³-hybridized carbons (Fsp3) is 0.818. The molecular formula is C22H36ClNO4. The Balaban J connectivity index is 1.76. The third-order valence-corrected chi connectivity index (χ3v) is 6.64. The van der Waals surface area contributed by atoms with Crippen LogP contribution in [0.2, 0.25) is 0 Å². The molecule has 6 atom stereocenters. The molecule has 1 aliphatic carbocycles. The Morgan fingerprint density at radius 1 is 1.39 bits per heavy atom. The highest BCUT2D eigenvalue weighted by molar-refractivity contribution is 6.19. The second kappa shape index (κ2) is 7.92. The Kier molecular flexibility index (Phi) is 6.25. The van der Waals surface area contributed by atoms with Crippen molar-refractivity contribution >= 4 is 11.6 Å². The lowest BCUT2D eigenvalue weighted by molar-refractivity contribution is -0.185. The number of halogens is 1. The van der Waals surface area contributed by atoms with Crippen LogP contribution in [0.15, 0.2) is 23.9 Å². The summed E-state index contributed by atoms with van der Waals surface area (Å²) >= 11 is 5.88. The predicted octanol–water partition coefficient (Wildman–Crippen LogP) is 4.16. The van der Waals surface area contributed by atoms with Gasteiger partial charge in [0.2, 0.25) is 0 Å². The quantitative estimate of drug-likeness (QED) is 0.266. The number of hydrogen-bond acceptors (Lipinski definition) is 5. The van der Waals surface area contributed by atoms with Gasteiger partial charge in [0.1, 0.15) is 11.3 Å². The van der Waals surface area contributed by atoms with E-state index in [1.165, 1.54) is 5.57 Å². The van der Waals surface area contributed by atoms with Gasteiger partial charge in [-0.05, 0) is 53.9 Å². The van der Waals surface area contributed by atoms with Crippen LogP contribution in [0.25, 0.3) is 0 Å². The summed E-state index contributed by atoms with van der Waals surface area (Å²) in [5.74, 6) is 0.495. The average molecular weight is 414 g/mol. The molecule has 0 aromatic rings. The van der Waals surface area contributed by atoms with Gasteiger partial charge in [0.25, 0.3) is 0 Å². The number of ether oxygens (including phenoxy) is 4. The summed E-state index contributed by atoms with van der Waals surface area (Å²) in [6.45, 7) is 15.2. The number of methoxy groups -OCH3 is 1. The lowest BCUT2D eigenvalue weighted by Gasteiger charge is -2.45. The topological polar surface area (TPSA) is 55.5 Å². The van der Waals surface area contributed by atoms with Crippen LogP contribution in [0.5, 0.6) is 0 Å². The van der Waals surface area contributed by atoms with Crippen molar-refractivity contribution in [1.29, 1.82) is 0 Å². The Morgan fingerprint density at radius 3 is 2.61 bits per heavy atom. The molecule has 28 heavy (non-hydrogen) atoms. The van der Waals surface area contributed by atoms with Crippen LogP contribution in [0, 0.1) is 5.92 Å². The number of nitrogens with one attached hydrogen (secondary N) is 1. The lowest BCUT2D eigenvalue weighted by atomic mass is 9.68. The van der Waals surface area contributed by atoms with Gasteiger partial charge >= 0.3 is 0 Å². The molecule has 5 nitrogen and oxygen atoms in total. The molecule has 2 aliphatic heterocycles. The van der Waals surface area contributed by atoms with Crippen molar-refractivity contribution in [1.82, 2.24) is 5.32 Å². The molecule has 0 aromatic heterocycles. The van der Waals surface area contributed by atoms with Crippen molar-refractivity contribution in [2.24, 2.45) is 5.92 Å². The third kappa shape index (κ3) is 4.44. The van der Waals surface area contributed by atoms with Gasteiger partial charge in [-0.3, -0.25) is 0 Å². The molecule has 1 N–H and O–H groups in total. The summed E-state index contributed by atoms with van der Waals surface area (Å²) in [7, 11) is 1.77. The van der Waals surface area contributed by atoms with Crippen LogP contribution in [-0.2, 0) is 18.9 Å². The molecule has 0 bridgehead atoms. The van der Waals surface area contributed by atoms with Gasteiger partial charge in [0.05, 0.1) is 42.3 Å². The molecule has 1 saturated carbocycles. The van der Waals surface area contributed by atoms with E-state index in [2.05, 4.69) is 38.7 Å². The summed E-state index contributed by atoms with van der Waals surface area (Å²) in [4.78, 5) is 0. The first-order valence-electron chi connectivity index (χ1n) is 10.2. The van der Waals surface area contributed by atoms with E-state index in [-0.39, 0.29) is 35.4 Å². The van der Waals surface area contributed by atoms with Crippen molar-refractivity contribution in [2.75, 3.05) is 19.6 Å². The molecule has 6 heteroatoms. The van der Waals surface area contributed by atoms with Crippen molar-refractivity contribution in [3.8, 4) is 0 Å². The van der Waals surface area contributed by atoms with Gasteiger partial charge in [-0.25, -0.2) is 0 Å². The van der Waals surface area contributed by atoms with E-state index in [1.807, 2.05) is 13.8 Å². The number of alkyl halides is 1. The highest BCUT2D eigenvalue weighted by Crippen LogP contribution is 2.59. The number of allylic oxidation sites excluding steroid dienone is 2. The molecule has 3 rings (SSSR count). The van der Waals surface area contributed by atoms with Gasteiger partial charge in [-0.15, -0.1) is 11.6 Å². The zero-order valence-corrected chi connectivity index (χ0v) is 18.9. The summed E-state index contributed by atoms with van der Waals surface area (Å²) in [5, 5.41) is 3.27. The SMILES string of the molecule is C=C(CCl)NC(C)(C)O[C@@H]1CC[C@]2(CO2)[C@@H]([C@@]2(C)O[C@@H]2CC=C(C)C)[C@@H]1OC. The van der Waals surface area contributed by atoms with Gasteiger partial charge < -0.3 is 24.3 Å². The van der Waals surface area contributed by atoms with Crippen LogP contribution in [0.1, 0.15) is 53.9 Å². The molecule has 2 heterocycles. The first kappa shape index (κ1) is 22.1. The third-order valence-electron chi connectivity index (χ3n) is 6.32. The molecule has 0 amide bonds. The fourth-order valence-corrected chi connectivity index (χ4v) is 5.00. The Bertz CT molecular complexity index is 626. The Hall–Kier alpha value is -0.590. The summed E-state index contributed by atoms with van der Waals surface area (Å²) in [6, 6.07) is 0. The van der Waals surface area contributed by atoms with Crippen molar-refractivity contribution in [3.05, 3.63) is 23.9 Å². The Labute approximate surface area is 174 Å². The standard InChI is InChI=1S/C22H36ClNO4/c1-14(2)8-9-17-21(6,28-17)19-18(25-7)16(10-11-22(19)13-26-22)27-20(4,5)24-15(3)12-23/h8,16-19,24H,3,9-13H2,1-2,4-7H3/t16-,17-,18-,19-,21+,22+/m1/s1. The van der Waals surface area contributed by atoms with Gasteiger partial charge in [-0.2, -0.15) is 0 Å². The molecule has 3 aliphatic rings. The lowest BCUT2D eigenvalue weighted by Crippen LogP contribution is -2.58. The van der Waals surface area contributed by atoms with Crippen molar-refractivity contribution in [3.63, 3.8) is 0 Å². The van der Waals surface area contributed by atoms with E-state index in [0.717, 1.165) is 31.6 Å². The van der Waals surface area contributed by atoms with Gasteiger partial charge in [-0.1, -0.05) is 18.2 Å². The highest BCUT2D eigenvalue weighted by Gasteiger charge is 2.72. The maximum atomic E-state index is 6.48. The zero-order valence-electron chi connectivity index (χ0n) is 18.1. The molecule has 3 fully saturated rings. The van der Waals surface area contributed by atoms with E-state index < -0.39 is 5.72 Å². The first-order valence-corrected chi connectivity index (χ1v) is 10.8. The second-order valence-electron chi connectivity index (χ2n) is 9.41. The van der Waals surface area contributed by atoms with Gasteiger partial charge in [0.15, 0.2) is 0 Å². The largest absolute Gasteiger partial charge is 0.378 e. The molecule has 1 spiro atoms. The average Bonchev–Trinajstić information content (AvgIpc) is 3.52. The number of rotatable bonds is 9.